The topological polar surface area (TPSA) is 145 Å². The van der Waals surface area contributed by atoms with Gasteiger partial charge in [0, 0.05) is 6.42 Å². The number of rotatable bonds is 13. The Morgan fingerprint density at radius 2 is 1.50 bits per heavy atom. The Morgan fingerprint density at radius 3 is 2.00 bits per heavy atom. The molecule has 0 aliphatic heterocycles. The molecule has 2 rings (SSSR count). The predicted molar refractivity (Wildman–Crippen MR) is 146 cm³/mol. The smallest absolute Gasteiger partial charge is 0.417 e. The van der Waals surface area contributed by atoms with Crippen molar-refractivity contribution < 1.29 is 23.9 Å². The standard InChI is InChI=1S/C29H40N4O5/c1-29(2,3)38-28(37)33(23(20-34)16-10-11-17-30)27(36)25(19-22-14-8-5-9-15-22)32-26(35)24(31)18-21-12-6-4-7-13-21/h4-9,12-15,20,23-25H,10-11,16-19,30-31H2,1-3H3,(H,32,35)/t23-,24-,25-/m0/s1. The highest BCUT2D eigenvalue weighted by Gasteiger charge is 2.38. The third-order valence-corrected chi connectivity index (χ3v) is 5.80. The molecule has 0 aromatic heterocycles. The van der Waals surface area contributed by atoms with Crippen molar-refractivity contribution in [2.24, 2.45) is 11.5 Å². The molecule has 0 fully saturated rings. The molecule has 2 aromatic rings. The molecule has 0 aliphatic rings. The fraction of sp³-hybridized carbons (Fsp3) is 0.448. The SMILES string of the molecule is CC(C)(C)OC(=O)N(C(=O)[C@H](Cc1ccccc1)NC(=O)[C@@H](N)Cc1ccccc1)[C@H](C=O)CCCCN. The molecule has 0 unspecified atom stereocenters. The number of hydrogen-bond acceptors (Lipinski definition) is 7. The summed E-state index contributed by atoms with van der Waals surface area (Å²) in [7, 11) is 0. The molecule has 0 radical (unpaired) electrons. The third-order valence-electron chi connectivity index (χ3n) is 5.80. The summed E-state index contributed by atoms with van der Waals surface area (Å²) in [6, 6.07) is 15.2. The van der Waals surface area contributed by atoms with Crippen molar-refractivity contribution in [2.75, 3.05) is 6.54 Å². The van der Waals surface area contributed by atoms with Crippen LogP contribution in [0.4, 0.5) is 4.79 Å². The first-order valence-corrected chi connectivity index (χ1v) is 12.9. The lowest BCUT2D eigenvalue weighted by Gasteiger charge is -2.32. The minimum Gasteiger partial charge on any atom is -0.443 e. The molecule has 0 saturated heterocycles. The van der Waals surface area contributed by atoms with Crippen LogP contribution in [0, 0.1) is 0 Å². The molecular formula is C29H40N4O5. The first-order valence-electron chi connectivity index (χ1n) is 12.9. The van der Waals surface area contributed by atoms with E-state index in [0.29, 0.717) is 25.7 Å². The van der Waals surface area contributed by atoms with Gasteiger partial charge >= 0.3 is 6.09 Å². The lowest BCUT2D eigenvalue weighted by Crippen LogP contribution is -2.58. The van der Waals surface area contributed by atoms with Crippen LogP contribution in [0.5, 0.6) is 0 Å². The lowest BCUT2D eigenvalue weighted by molar-refractivity contribution is -0.139. The summed E-state index contributed by atoms with van der Waals surface area (Å²) in [6.45, 7) is 5.43. The zero-order valence-electron chi connectivity index (χ0n) is 22.5. The van der Waals surface area contributed by atoms with E-state index in [1.54, 1.807) is 20.8 Å². The molecular weight excluding hydrogens is 484 g/mol. The van der Waals surface area contributed by atoms with Gasteiger partial charge in [0.25, 0.3) is 5.91 Å². The van der Waals surface area contributed by atoms with Crippen molar-refractivity contribution in [3.8, 4) is 0 Å². The monoisotopic (exact) mass is 524 g/mol. The van der Waals surface area contributed by atoms with Crippen LogP contribution in [-0.2, 0) is 32.0 Å². The van der Waals surface area contributed by atoms with Crippen LogP contribution in [-0.4, -0.2) is 59.4 Å². The van der Waals surface area contributed by atoms with Crippen LogP contribution in [0.3, 0.4) is 0 Å². The number of amides is 3. The summed E-state index contributed by atoms with van der Waals surface area (Å²) in [6.07, 6.45) is 1.35. The number of ether oxygens (including phenoxy) is 1. The summed E-state index contributed by atoms with van der Waals surface area (Å²) in [5, 5.41) is 2.73. The van der Waals surface area contributed by atoms with Crippen molar-refractivity contribution in [3.05, 3.63) is 71.8 Å². The molecule has 5 N–H and O–H groups in total. The quantitative estimate of drug-likeness (QED) is 0.270. The number of benzene rings is 2. The Bertz CT molecular complexity index is 1040. The molecule has 9 heteroatoms. The highest BCUT2D eigenvalue weighted by Crippen LogP contribution is 2.18. The number of nitrogens with zero attached hydrogens (tertiary/aromatic N) is 1. The Labute approximate surface area is 224 Å². The Morgan fingerprint density at radius 1 is 0.947 bits per heavy atom. The van der Waals surface area contributed by atoms with Crippen LogP contribution >= 0.6 is 0 Å². The van der Waals surface area contributed by atoms with E-state index < -0.39 is 41.6 Å². The van der Waals surface area contributed by atoms with E-state index in [2.05, 4.69) is 5.32 Å². The van der Waals surface area contributed by atoms with Crippen molar-refractivity contribution in [1.29, 1.82) is 0 Å². The van der Waals surface area contributed by atoms with Gasteiger partial charge in [0.15, 0.2) is 0 Å². The zero-order chi connectivity index (χ0) is 28.1. The Balaban J connectivity index is 2.36. The molecule has 0 saturated carbocycles. The Kier molecular flexibility index (Phi) is 12.1. The summed E-state index contributed by atoms with van der Waals surface area (Å²) < 4.78 is 5.49. The number of imide groups is 1. The number of carbonyl (C=O) groups excluding carboxylic acids is 4. The normalized spacial score (nSPS) is 13.6. The van der Waals surface area contributed by atoms with Crippen LogP contribution < -0.4 is 16.8 Å². The van der Waals surface area contributed by atoms with Gasteiger partial charge in [-0.3, -0.25) is 9.59 Å². The molecule has 9 nitrogen and oxygen atoms in total. The van der Waals surface area contributed by atoms with E-state index >= 15 is 0 Å². The van der Waals surface area contributed by atoms with Gasteiger partial charge in [0.1, 0.15) is 17.9 Å². The summed E-state index contributed by atoms with van der Waals surface area (Å²) in [5.74, 6) is -1.29. The number of carbonyl (C=O) groups is 4. The first kappa shape index (κ1) is 30.7. The highest BCUT2D eigenvalue weighted by atomic mass is 16.6. The Hall–Kier alpha value is -3.56. The highest BCUT2D eigenvalue weighted by molar-refractivity contribution is 5.99. The molecule has 3 amide bonds. The predicted octanol–water partition coefficient (Wildman–Crippen LogP) is 2.74. The van der Waals surface area contributed by atoms with Gasteiger partial charge in [-0.1, -0.05) is 60.7 Å². The zero-order valence-corrected chi connectivity index (χ0v) is 22.5. The number of nitrogens with two attached hydrogens (primary N) is 2. The minimum atomic E-state index is -1.16. The second-order valence-electron chi connectivity index (χ2n) is 10.2. The average Bonchev–Trinajstić information content (AvgIpc) is 2.87. The number of aldehydes is 1. The fourth-order valence-corrected chi connectivity index (χ4v) is 3.91. The summed E-state index contributed by atoms with van der Waals surface area (Å²) >= 11 is 0. The van der Waals surface area contributed by atoms with Crippen molar-refractivity contribution in [1.82, 2.24) is 10.2 Å². The summed E-state index contributed by atoms with van der Waals surface area (Å²) in [4.78, 5) is 53.2. The maximum absolute atomic E-state index is 13.9. The molecule has 0 heterocycles. The number of unbranched alkanes of at least 4 members (excludes halogenated alkanes) is 1. The fourth-order valence-electron chi connectivity index (χ4n) is 3.91. The van der Waals surface area contributed by atoms with Crippen molar-refractivity contribution in [3.63, 3.8) is 0 Å². The number of nitrogens with one attached hydrogen (secondary N) is 1. The van der Waals surface area contributed by atoms with Gasteiger partial charge in [-0.2, -0.15) is 0 Å². The number of hydrogen-bond donors (Lipinski definition) is 3. The molecule has 0 aliphatic carbocycles. The van der Waals surface area contributed by atoms with Crippen molar-refractivity contribution in [2.45, 2.75) is 76.6 Å². The van der Waals surface area contributed by atoms with E-state index in [1.807, 2.05) is 60.7 Å². The minimum absolute atomic E-state index is 0.0944. The van der Waals surface area contributed by atoms with Gasteiger partial charge < -0.3 is 26.3 Å². The molecule has 2 aromatic carbocycles. The van der Waals surface area contributed by atoms with Crippen LogP contribution in [0.15, 0.2) is 60.7 Å². The van der Waals surface area contributed by atoms with Gasteiger partial charge in [-0.15, -0.1) is 0 Å². The van der Waals surface area contributed by atoms with Crippen LogP contribution in [0.25, 0.3) is 0 Å². The average molecular weight is 525 g/mol. The second-order valence-corrected chi connectivity index (χ2v) is 10.2. The lowest BCUT2D eigenvalue weighted by atomic mass is 10.0. The summed E-state index contributed by atoms with van der Waals surface area (Å²) in [5.41, 5.74) is 12.5. The van der Waals surface area contributed by atoms with E-state index in [0.717, 1.165) is 16.0 Å². The van der Waals surface area contributed by atoms with E-state index in [9.17, 15) is 19.2 Å². The second kappa shape index (κ2) is 15.0. The molecule has 206 valence electrons. The largest absolute Gasteiger partial charge is 0.443 e. The maximum Gasteiger partial charge on any atom is 0.417 e. The van der Waals surface area contributed by atoms with Crippen molar-refractivity contribution >= 4 is 24.2 Å². The van der Waals surface area contributed by atoms with Gasteiger partial charge in [-0.05, 0) is 64.1 Å². The maximum atomic E-state index is 13.9. The molecule has 0 spiro atoms. The van der Waals surface area contributed by atoms with Crippen LogP contribution in [0.1, 0.15) is 51.2 Å². The first-order chi connectivity index (χ1) is 18.1. The van der Waals surface area contributed by atoms with Gasteiger partial charge in [0.05, 0.1) is 12.1 Å². The molecule has 0 bridgehead atoms. The van der Waals surface area contributed by atoms with E-state index in [1.165, 1.54) is 0 Å². The van der Waals surface area contributed by atoms with Crippen LogP contribution in [0.2, 0.25) is 0 Å². The van der Waals surface area contributed by atoms with E-state index in [4.69, 9.17) is 16.2 Å². The van der Waals surface area contributed by atoms with Gasteiger partial charge in [0.2, 0.25) is 5.91 Å². The molecule has 3 atom stereocenters. The molecule has 38 heavy (non-hydrogen) atoms. The third kappa shape index (κ3) is 10.1. The van der Waals surface area contributed by atoms with E-state index in [-0.39, 0.29) is 19.3 Å². The van der Waals surface area contributed by atoms with Gasteiger partial charge in [-0.25, -0.2) is 9.69 Å².